The molecule has 18 heavy (non-hydrogen) atoms. The number of amides is 1. The van der Waals surface area contributed by atoms with E-state index in [4.69, 9.17) is 4.74 Å². The van der Waals surface area contributed by atoms with Crippen molar-refractivity contribution in [1.82, 2.24) is 0 Å². The van der Waals surface area contributed by atoms with Crippen molar-refractivity contribution in [3.05, 3.63) is 35.9 Å². The summed E-state index contributed by atoms with van der Waals surface area (Å²) in [6, 6.07) is 7.86. The lowest BCUT2D eigenvalue weighted by Gasteiger charge is -2.25. The van der Waals surface area contributed by atoms with Gasteiger partial charge in [-0.1, -0.05) is 50.1 Å². The number of rotatable bonds is 4. The van der Waals surface area contributed by atoms with Crippen molar-refractivity contribution < 1.29 is 9.53 Å². The Labute approximate surface area is 108 Å². The monoisotopic (exact) mass is 245 g/mol. The number of fused-ring (bicyclic) bond motifs is 1. The predicted octanol–water partition coefficient (Wildman–Crippen LogP) is 3.85. The number of hydrogen-bond acceptors (Lipinski definition) is 2. The van der Waals surface area contributed by atoms with E-state index in [0.717, 1.165) is 30.5 Å². The molecule has 1 heterocycles. The summed E-state index contributed by atoms with van der Waals surface area (Å²) in [6.45, 7) is 3.23. The van der Waals surface area contributed by atoms with Crippen LogP contribution in [0.1, 0.15) is 31.7 Å². The molecular weight excluding hydrogens is 226 g/mol. The molecule has 0 fully saturated rings. The van der Waals surface area contributed by atoms with Crippen molar-refractivity contribution >= 4 is 17.9 Å². The van der Waals surface area contributed by atoms with Crippen LogP contribution in [0.3, 0.4) is 0 Å². The summed E-state index contributed by atoms with van der Waals surface area (Å²) in [5.74, 6) is 0. The predicted molar refractivity (Wildman–Crippen MR) is 73.7 cm³/mol. The zero-order chi connectivity index (χ0) is 12.8. The average molecular weight is 245 g/mol. The molecule has 1 aromatic rings. The Hall–Kier alpha value is -1.77. The zero-order valence-electron chi connectivity index (χ0n) is 10.8. The minimum atomic E-state index is -0.247. The fourth-order valence-electron chi connectivity index (χ4n) is 2.02. The summed E-state index contributed by atoms with van der Waals surface area (Å²) >= 11 is 0. The van der Waals surface area contributed by atoms with Gasteiger partial charge < -0.3 is 4.74 Å². The lowest BCUT2D eigenvalue weighted by Crippen LogP contribution is -2.33. The molecule has 2 rings (SSSR count). The molecule has 3 heteroatoms. The molecular formula is C15H19NO2. The van der Waals surface area contributed by atoms with Gasteiger partial charge in [0.15, 0.2) is 0 Å². The van der Waals surface area contributed by atoms with Gasteiger partial charge in [0.05, 0.1) is 12.3 Å². The van der Waals surface area contributed by atoms with Crippen molar-refractivity contribution in [2.24, 2.45) is 0 Å². The van der Waals surface area contributed by atoms with E-state index in [1.54, 1.807) is 4.90 Å². The molecule has 0 atom stereocenters. The Balaban J connectivity index is 1.97. The van der Waals surface area contributed by atoms with Crippen LogP contribution >= 0.6 is 0 Å². The fraction of sp³-hybridized carbons (Fsp3) is 0.400. The van der Waals surface area contributed by atoms with Gasteiger partial charge in [-0.2, -0.15) is 0 Å². The van der Waals surface area contributed by atoms with Crippen LogP contribution in [0.25, 0.3) is 6.08 Å². The molecule has 1 amide bonds. The molecule has 1 aliphatic heterocycles. The Morgan fingerprint density at radius 2 is 2.17 bits per heavy atom. The van der Waals surface area contributed by atoms with Crippen molar-refractivity contribution in [2.45, 2.75) is 26.2 Å². The quantitative estimate of drug-likeness (QED) is 0.754. The molecule has 0 unspecified atom stereocenters. The van der Waals surface area contributed by atoms with Crippen molar-refractivity contribution in [3.63, 3.8) is 0 Å². The van der Waals surface area contributed by atoms with Crippen LogP contribution in [0.5, 0.6) is 0 Å². The summed E-state index contributed by atoms with van der Waals surface area (Å²) in [4.78, 5) is 13.7. The second-order valence-electron chi connectivity index (χ2n) is 4.39. The number of anilines is 1. The van der Waals surface area contributed by atoms with Gasteiger partial charge in [-0.05, 0) is 18.1 Å². The largest absolute Gasteiger partial charge is 0.449 e. The van der Waals surface area contributed by atoms with E-state index in [-0.39, 0.29) is 6.09 Å². The Morgan fingerprint density at radius 3 is 3.00 bits per heavy atom. The summed E-state index contributed by atoms with van der Waals surface area (Å²) in [5, 5.41) is 0. The van der Waals surface area contributed by atoms with E-state index < -0.39 is 0 Å². The summed E-state index contributed by atoms with van der Waals surface area (Å²) < 4.78 is 5.29. The van der Waals surface area contributed by atoms with Gasteiger partial charge in [-0.25, -0.2) is 4.79 Å². The standard InChI is InChI=1S/C15H19NO2/c1-2-3-6-12-18-15(17)16-11-7-9-13-8-4-5-10-14(13)16/h4-5,7-10H,2-3,6,11-12H2,1H3. The smallest absolute Gasteiger partial charge is 0.414 e. The minimum absolute atomic E-state index is 0.247. The molecule has 0 saturated heterocycles. The third-order valence-corrected chi connectivity index (χ3v) is 3.01. The van der Waals surface area contributed by atoms with E-state index in [1.165, 1.54) is 0 Å². The molecule has 0 aliphatic carbocycles. The molecule has 3 nitrogen and oxygen atoms in total. The fourth-order valence-corrected chi connectivity index (χ4v) is 2.02. The number of para-hydroxylation sites is 1. The highest BCUT2D eigenvalue weighted by Gasteiger charge is 2.20. The normalized spacial score (nSPS) is 13.3. The molecule has 0 N–H and O–H groups in total. The summed E-state index contributed by atoms with van der Waals surface area (Å²) in [5.41, 5.74) is 2.00. The first-order valence-corrected chi connectivity index (χ1v) is 6.53. The van der Waals surface area contributed by atoms with Gasteiger partial charge in [0.1, 0.15) is 0 Å². The van der Waals surface area contributed by atoms with Gasteiger partial charge in [0.2, 0.25) is 0 Å². The number of ether oxygens (including phenoxy) is 1. The maximum atomic E-state index is 12.0. The number of benzene rings is 1. The van der Waals surface area contributed by atoms with E-state index in [1.807, 2.05) is 36.4 Å². The lowest BCUT2D eigenvalue weighted by molar-refractivity contribution is 0.152. The third-order valence-electron chi connectivity index (χ3n) is 3.01. The number of unbranched alkanes of at least 4 members (excludes halogenated alkanes) is 2. The van der Waals surface area contributed by atoms with Crippen LogP contribution in [0.4, 0.5) is 10.5 Å². The zero-order valence-corrected chi connectivity index (χ0v) is 10.8. The van der Waals surface area contributed by atoms with Gasteiger partial charge in [0, 0.05) is 6.54 Å². The maximum Gasteiger partial charge on any atom is 0.414 e. The van der Waals surface area contributed by atoms with Crippen LogP contribution < -0.4 is 4.90 Å². The Morgan fingerprint density at radius 1 is 1.33 bits per heavy atom. The van der Waals surface area contributed by atoms with Crippen LogP contribution in [-0.2, 0) is 4.74 Å². The third kappa shape index (κ3) is 2.92. The topological polar surface area (TPSA) is 29.5 Å². The number of nitrogens with zero attached hydrogens (tertiary/aromatic N) is 1. The highest BCUT2D eigenvalue weighted by molar-refractivity contribution is 5.92. The second kappa shape index (κ2) is 6.24. The Bertz CT molecular complexity index is 440. The highest BCUT2D eigenvalue weighted by atomic mass is 16.6. The first-order chi connectivity index (χ1) is 8.83. The molecule has 0 saturated carbocycles. The number of hydrogen-bond donors (Lipinski definition) is 0. The van der Waals surface area contributed by atoms with E-state index in [9.17, 15) is 4.79 Å². The summed E-state index contributed by atoms with van der Waals surface area (Å²) in [6.07, 6.45) is 6.94. The van der Waals surface area contributed by atoms with E-state index >= 15 is 0 Å². The minimum Gasteiger partial charge on any atom is -0.449 e. The molecule has 1 aliphatic rings. The Kier molecular flexibility index (Phi) is 4.40. The van der Waals surface area contributed by atoms with Gasteiger partial charge in [0.25, 0.3) is 0 Å². The molecule has 96 valence electrons. The molecule has 1 aromatic carbocycles. The van der Waals surface area contributed by atoms with Gasteiger partial charge in [-0.15, -0.1) is 0 Å². The molecule has 0 bridgehead atoms. The van der Waals surface area contributed by atoms with Crippen LogP contribution in [0, 0.1) is 0 Å². The maximum absolute atomic E-state index is 12.0. The number of carbonyl (C=O) groups excluding carboxylic acids is 1. The molecule has 0 aromatic heterocycles. The first-order valence-electron chi connectivity index (χ1n) is 6.53. The lowest BCUT2D eigenvalue weighted by atomic mass is 10.1. The van der Waals surface area contributed by atoms with E-state index in [2.05, 4.69) is 6.92 Å². The second-order valence-corrected chi connectivity index (χ2v) is 4.39. The van der Waals surface area contributed by atoms with Crippen LogP contribution in [-0.4, -0.2) is 19.2 Å². The molecule has 0 radical (unpaired) electrons. The van der Waals surface area contributed by atoms with Crippen LogP contribution in [0.2, 0.25) is 0 Å². The van der Waals surface area contributed by atoms with E-state index in [0.29, 0.717) is 13.2 Å². The van der Waals surface area contributed by atoms with Crippen molar-refractivity contribution in [3.8, 4) is 0 Å². The van der Waals surface area contributed by atoms with Crippen molar-refractivity contribution in [1.29, 1.82) is 0 Å². The first kappa shape index (κ1) is 12.7. The van der Waals surface area contributed by atoms with Gasteiger partial charge >= 0.3 is 6.09 Å². The molecule has 0 spiro atoms. The highest BCUT2D eigenvalue weighted by Crippen LogP contribution is 2.25. The van der Waals surface area contributed by atoms with Gasteiger partial charge in [-0.3, -0.25) is 4.90 Å². The average Bonchev–Trinajstić information content (AvgIpc) is 2.43. The van der Waals surface area contributed by atoms with Crippen molar-refractivity contribution in [2.75, 3.05) is 18.1 Å². The SMILES string of the molecule is CCCCCOC(=O)N1CC=Cc2ccccc21. The van der Waals surface area contributed by atoms with Crippen LogP contribution in [0.15, 0.2) is 30.3 Å². The number of carbonyl (C=O) groups is 1. The summed E-state index contributed by atoms with van der Waals surface area (Å²) in [7, 11) is 0.